The SMILES string of the molecule is Cc1ccc(B2OC(C)(C)C(C)(C)O2)c(NC(=O)c2cccnn2)c1. The van der Waals surface area contributed by atoms with Crippen molar-refractivity contribution in [2.45, 2.75) is 45.8 Å². The van der Waals surface area contributed by atoms with Crippen LogP contribution >= 0.6 is 0 Å². The number of hydrogen-bond donors (Lipinski definition) is 1. The third kappa shape index (κ3) is 3.43. The van der Waals surface area contributed by atoms with Crippen molar-refractivity contribution in [3.8, 4) is 0 Å². The van der Waals surface area contributed by atoms with E-state index in [1.807, 2.05) is 52.8 Å². The summed E-state index contributed by atoms with van der Waals surface area (Å²) in [7, 11) is -0.553. The zero-order valence-electron chi connectivity index (χ0n) is 15.2. The molecule has 0 unspecified atom stereocenters. The normalized spacial score (nSPS) is 18.2. The molecule has 0 spiro atoms. The molecule has 2 aromatic rings. The van der Waals surface area contributed by atoms with Crippen LogP contribution < -0.4 is 10.8 Å². The Bertz CT molecular complexity index is 777. The molecule has 7 heteroatoms. The molecule has 130 valence electrons. The summed E-state index contributed by atoms with van der Waals surface area (Å²) >= 11 is 0. The third-order valence-electron chi connectivity index (χ3n) is 4.77. The summed E-state index contributed by atoms with van der Waals surface area (Å²) in [5.74, 6) is -0.323. The van der Waals surface area contributed by atoms with Gasteiger partial charge in [0.2, 0.25) is 0 Å². The maximum atomic E-state index is 12.5. The van der Waals surface area contributed by atoms with E-state index >= 15 is 0 Å². The molecule has 1 aromatic carbocycles. The highest BCUT2D eigenvalue weighted by molar-refractivity contribution is 6.64. The topological polar surface area (TPSA) is 73.3 Å². The molecule has 0 aliphatic carbocycles. The summed E-state index contributed by atoms with van der Waals surface area (Å²) in [6, 6.07) is 9.08. The van der Waals surface area contributed by atoms with E-state index < -0.39 is 18.3 Å². The van der Waals surface area contributed by atoms with Crippen molar-refractivity contribution in [2.75, 3.05) is 5.32 Å². The zero-order chi connectivity index (χ0) is 18.2. The van der Waals surface area contributed by atoms with Crippen LogP contribution in [0.15, 0.2) is 36.5 Å². The van der Waals surface area contributed by atoms with Crippen LogP contribution in [0.25, 0.3) is 0 Å². The summed E-state index contributed by atoms with van der Waals surface area (Å²) in [6.07, 6.45) is 1.53. The summed E-state index contributed by atoms with van der Waals surface area (Å²) in [6.45, 7) is 9.96. The van der Waals surface area contributed by atoms with Crippen molar-refractivity contribution in [1.29, 1.82) is 0 Å². The predicted molar refractivity (Wildman–Crippen MR) is 96.9 cm³/mol. The van der Waals surface area contributed by atoms with E-state index in [0.29, 0.717) is 5.69 Å². The Morgan fingerprint density at radius 3 is 2.40 bits per heavy atom. The predicted octanol–water partition coefficient (Wildman–Crippen LogP) is 2.34. The summed E-state index contributed by atoms with van der Waals surface area (Å²) in [5.41, 5.74) is 1.80. The van der Waals surface area contributed by atoms with Gasteiger partial charge in [0.25, 0.3) is 5.91 Å². The van der Waals surface area contributed by atoms with E-state index in [1.165, 1.54) is 6.20 Å². The van der Waals surface area contributed by atoms with Crippen molar-refractivity contribution >= 4 is 24.2 Å². The van der Waals surface area contributed by atoms with Gasteiger partial charge in [-0.3, -0.25) is 4.79 Å². The Labute approximate surface area is 148 Å². The number of nitrogens with one attached hydrogen (secondary N) is 1. The molecule has 2 heterocycles. The lowest BCUT2D eigenvalue weighted by Crippen LogP contribution is -2.41. The number of hydrogen-bond acceptors (Lipinski definition) is 5. The molecule has 3 rings (SSSR count). The van der Waals surface area contributed by atoms with Gasteiger partial charge in [-0.25, -0.2) is 0 Å². The maximum absolute atomic E-state index is 12.5. The number of aryl methyl sites for hydroxylation is 1. The summed E-state index contributed by atoms with van der Waals surface area (Å²) in [5, 5.41) is 10.5. The van der Waals surface area contributed by atoms with Gasteiger partial charge in [-0.15, -0.1) is 5.10 Å². The van der Waals surface area contributed by atoms with E-state index in [9.17, 15) is 4.79 Å². The molecule has 1 N–H and O–H groups in total. The fourth-order valence-electron chi connectivity index (χ4n) is 2.56. The Kier molecular flexibility index (Phi) is 4.39. The van der Waals surface area contributed by atoms with Crippen molar-refractivity contribution < 1.29 is 14.1 Å². The van der Waals surface area contributed by atoms with Gasteiger partial charge in [0.1, 0.15) is 0 Å². The molecule has 0 saturated carbocycles. The number of rotatable bonds is 3. The minimum atomic E-state index is -0.553. The molecule has 1 aliphatic rings. The zero-order valence-corrected chi connectivity index (χ0v) is 15.2. The Morgan fingerprint density at radius 2 is 1.80 bits per heavy atom. The Balaban J connectivity index is 1.91. The molecule has 1 saturated heterocycles. The monoisotopic (exact) mass is 339 g/mol. The number of nitrogens with zero attached hydrogens (tertiary/aromatic N) is 2. The van der Waals surface area contributed by atoms with Gasteiger partial charge in [-0.05, 0) is 58.4 Å². The molecule has 1 aliphatic heterocycles. The average molecular weight is 339 g/mol. The minimum absolute atomic E-state index is 0.254. The first-order valence-corrected chi connectivity index (χ1v) is 8.25. The second-order valence-electron chi connectivity index (χ2n) is 7.24. The molecule has 6 nitrogen and oxygen atoms in total. The van der Waals surface area contributed by atoms with Gasteiger partial charge in [-0.2, -0.15) is 5.10 Å². The van der Waals surface area contributed by atoms with Gasteiger partial charge in [0.05, 0.1) is 11.2 Å². The smallest absolute Gasteiger partial charge is 0.399 e. The van der Waals surface area contributed by atoms with Crippen LogP contribution in [0, 0.1) is 6.92 Å². The van der Waals surface area contributed by atoms with Gasteiger partial charge in [-0.1, -0.05) is 12.1 Å². The maximum Gasteiger partial charge on any atom is 0.496 e. The lowest BCUT2D eigenvalue weighted by molar-refractivity contribution is 0.00578. The van der Waals surface area contributed by atoms with Crippen molar-refractivity contribution in [1.82, 2.24) is 10.2 Å². The molecule has 0 radical (unpaired) electrons. The fourth-order valence-corrected chi connectivity index (χ4v) is 2.56. The summed E-state index contributed by atoms with van der Waals surface area (Å²) < 4.78 is 12.2. The molecule has 25 heavy (non-hydrogen) atoms. The van der Waals surface area contributed by atoms with Crippen LogP contribution in [0.1, 0.15) is 43.7 Å². The number of benzene rings is 1. The molecule has 0 atom stereocenters. The molecule has 1 aromatic heterocycles. The van der Waals surface area contributed by atoms with E-state index in [2.05, 4.69) is 15.5 Å². The standard InChI is InChI=1S/C18H22BN3O3/c1-12-8-9-13(19-24-17(2,3)18(4,5)25-19)15(11-12)21-16(23)14-7-6-10-20-22-14/h6-11H,1-5H3,(H,21,23). The van der Waals surface area contributed by atoms with Crippen LogP contribution in [-0.4, -0.2) is 34.4 Å². The van der Waals surface area contributed by atoms with Gasteiger partial charge in [0, 0.05) is 17.3 Å². The number of amides is 1. The lowest BCUT2D eigenvalue weighted by atomic mass is 9.77. The Hall–Kier alpha value is -2.25. The van der Waals surface area contributed by atoms with Crippen LogP contribution in [0.4, 0.5) is 5.69 Å². The molecule has 1 amide bonds. The van der Waals surface area contributed by atoms with E-state index in [0.717, 1.165) is 11.0 Å². The van der Waals surface area contributed by atoms with Crippen LogP contribution in [0.5, 0.6) is 0 Å². The van der Waals surface area contributed by atoms with Crippen LogP contribution in [0.2, 0.25) is 0 Å². The summed E-state index contributed by atoms with van der Waals surface area (Å²) in [4.78, 5) is 12.5. The molecule has 0 bridgehead atoms. The Morgan fingerprint density at radius 1 is 1.12 bits per heavy atom. The fraction of sp³-hybridized carbons (Fsp3) is 0.389. The first-order chi connectivity index (χ1) is 11.7. The molecular weight excluding hydrogens is 317 g/mol. The number of aromatic nitrogens is 2. The molecule has 1 fully saturated rings. The second-order valence-corrected chi connectivity index (χ2v) is 7.24. The first kappa shape index (κ1) is 17.6. The third-order valence-corrected chi connectivity index (χ3v) is 4.77. The highest BCUT2D eigenvalue weighted by atomic mass is 16.7. The van der Waals surface area contributed by atoms with Gasteiger partial charge >= 0.3 is 7.12 Å². The van der Waals surface area contributed by atoms with E-state index in [-0.39, 0.29) is 11.6 Å². The molecular formula is C18H22BN3O3. The number of carbonyl (C=O) groups excluding carboxylic acids is 1. The number of carbonyl (C=O) groups is 1. The number of anilines is 1. The highest BCUT2D eigenvalue weighted by Crippen LogP contribution is 2.37. The minimum Gasteiger partial charge on any atom is -0.399 e. The average Bonchev–Trinajstić information content (AvgIpc) is 2.76. The van der Waals surface area contributed by atoms with Crippen molar-refractivity contribution in [2.24, 2.45) is 0 Å². The largest absolute Gasteiger partial charge is 0.496 e. The van der Waals surface area contributed by atoms with E-state index in [1.54, 1.807) is 12.1 Å². The van der Waals surface area contributed by atoms with E-state index in [4.69, 9.17) is 9.31 Å². The van der Waals surface area contributed by atoms with Crippen LogP contribution in [0.3, 0.4) is 0 Å². The highest BCUT2D eigenvalue weighted by Gasteiger charge is 2.52. The second kappa shape index (κ2) is 6.24. The van der Waals surface area contributed by atoms with Gasteiger partial charge in [0.15, 0.2) is 5.69 Å². The van der Waals surface area contributed by atoms with Gasteiger partial charge < -0.3 is 14.6 Å². The van der Waals surface area contributed by atoms with Crippen molar-refractivity contribution in [3.05, 3.63) is 47.8 Å². The first-order valence-electron chi connectivity index (χ1n) is 8.25. The lowest BCUT2D eigenvalue weighted by Gasteiger charge is -2.32. The quantitative estimate of drug-likeness (QED) is 0.869. The van der Waals surface area contributed by atoms with Crippen LogP contribution in [-0.2, 0) is 9.31 Å². The van der Waals surface area contributed by atoms with Crippen molar-refractivity contribution in [3.63, 3.8) is 0 Å².